The predicted molar refractivity (Wildman–Crippen MR) is 274 cm³/mol. The van der Waals surface area contributed by atoms with Crippen molar-refractivity contribution in [3.63, 3.8) is 0 Å². The van der Waals surface area contributed by atoms with Crippen molar-refractivity contribution in [1.82, 2.24) is 9.80 Å². The van der Waals surface area contributed by atoms with E-state index >= 15 is 9.59 Å². The normalized spacial score (nSPS) is 14.2. The molecule has 322 valence electrons. The Morgan fingerprint density at radius 3 is 1.05 bits per heavy atom. The lowest BCUT2D eigenvalue weighted by Gasteiger charge is -2.24. The van der Waals surface area contributed by atoms with Crippen LogP contribution < -0.4 is 0 Å². The highest BCUT2D eigenvalue weighted by Crippen LogP contribution is 2.51. The third-order valence-corrected chi connectivity index (χ3v) is 15.6. The summed E-state index contributed by atoms with van der Waals surface area (Å²) in [6.07, 6.45) is 13.5. The Morgan fingerprint density at radius 1 is 0.375 bits per heavy atom. The van der Waals surface area contributed by atoms with E-state index in [4.69, 9.17) is 0 Å². The zero-order valence-electron chi connectivity index (χ0n) is 37.1. The molecular weight excluding hydrogens is 821 g/mol. The molecule has 0 radical (unpaired) electrons. The number of carbonyl (C=O) groups is 2. The van der Waals surface area contributed by atoms with E-state index in [-0.39, 0.29) is 11.8 Å². The van der Waals surface area contributed by atoms with Crippen LogP contribution in [0.1, 0.15) is 101 Å². The van der Waals surface area contributed by atoms with Gasteiger partial charge >= 0.3 is 0 Å². The predicted octanol–water partition coefficient (Wildman–Crippen LogP) is 16.3. The van der Waals surface area contributed by atoms with Crippen molar-refractivity contribution >= 4 is 89.0 Å². The fraction of sp³-hybridized carbons (Fsp3) is 0.276. The van der Waals surface area contributed by atoms with Gasteiger partial charge in [0.15, 0.2) is 0 Å². The summed E-state index contributed by atoms with van der Waals surface area (Å²) in [6, 6.07) is 47.8. The van der Waals surface area contributed by atoms with E-state index < -0.39 is 0 Å². The monoisotopic (exact) mass is 876 g/mol. The van der Waals surface area contributed by atoms with Gasteiger partial charge in [-0.1, -0.05) is 175 Å². The third-order valence-electron chi connectivity index (χ3n) is 13.4. The smallest absolute Gasteiger partial charge is 0.261 e. The second kappa shape index (κ2) is 18.7. The number of benzene rings is 6. The first-order valence-electron chi connectivity index (χ1n) is 23.7. The number of nitrogens with zero attached hydrogens (tertiary/aromatic N) is 2. The van der Waals surface area contributed by atoms with E-state index in [2.05, 4.69) is 147 Å². The Bertz CT molecular complexity index is 2790. The number of rotatable bonds is 18. The molecule has 0 bridgehead atoms. The number of carbonyl (C=O) groups excluding carboxylic acids is 2. The Balaban J connectivity index is 1.12. The van der Waals surface area contributed by atoms with Gasteiger partial charge in [-0.25, -0.2) is 0 Å². The molecule has 2 aromatic heterocycles. The maximum atomic E-state index is 15.4. The van der Waals surface area contributed by atoms with Crippen molar-refractivity contribution in [3.8, 4) is 20.9 Å². The number of amides is 2. The van der Waals surface area contributed by atoms with Gasteiger partial charge in [0, 0.05) is 34.0 Å². The van der Waals surface area contributed by atoms with Crippen molar-refractivity contribution in [2.24, 2.45) is 0 Å². The van der Waals surface area contributed by atoms with Crippen LogP contribution in [0.25, 0.3) is 75.4 Å². The number of fused-ring (bicyclic) bond motifs is 5. The molecule has 10 rings (SSSR count). The first-order valence-corrected chi connectivity index (χ1v) is 25.3. The minimum atomic E-state index is -0.0384. The maximum Gasteiger partial charge on any atom is 0.261 e. The standard InChI is InChI=1S/C58H56N2O2S2/c1-3-5-7-9-11-21-35-59-55(49-33-31-47(63-49)51-43-27-17-13-23-39(43)37-40-24-14-18-28-44(40)51)53-54(57(59)61)56(60(58(53)62)36-22-12-10-8-6-4-2)50-34-32-48(64-50)52-45-29-19-15-25-41(45)38-42-26-16-20-30-46(42)52/h13-20,23-34,37-38H,3-12,21-22,35-36H2,1-2H3. The van der Waals surface area contributed by atoms with Crippen molar-refractivity contribution in [2.75, 3.05) is 13.1 Å². The van der Waals surface area contributed by atoms with Gasteiger partial charge in [-0.2, -0.15) is 0 Å². The minimum Gasteiger partial charge on any atom is -0.306 e. The van der Waals surface area contributed by atoms with E-state index in [1.54, 1.807) is 22.7 Å². The molecule has 2 aliphatic heterocycles. The Hall–Kier alpha value is -5.82. The first-order chi connectivity index (χ1) is 31.6. The number of thiophene rings is 2. The highest BCUT2D eigenvalue weighted by molar-refractivity contribution is 7.17. The number of hydrogen-bond donors (Lipinski definition) is 0. The quantitative estimate of drug-likeness (QED) is 0.0636. The number of unbranched alkanes of at least 4 members (excludes halogenated alkanes) is 10. The molecule has 0 atom stereocenters. The molecule has 2 aliphatic rings. The van der Waals surface area contributed by atoms with E-state index in [9.17, 15) is 0 Å². The summed E-state index contributed by atoms with van der Waals surface area (Å²) in [5, 5.41) is 9.62. The Morgan fingerprint density at radius 2 is 0.688 bits per heavy atom. The average Bonchev–Trinajstić information content (AvgIpc) is 4.12. The lowest BCUT2D eigenvalue weighted by atomic mass is 9.96. The topological polar surface area (TPSA) is 40.6 Å². The molecular formula is C58H56N2O2S2. The summed E-state index contributed by atoms with van der Waals surface area (Å²) in [6.45, 7) is 5.67. The van der Waals surface area contributed by atoms with Gasteiger partial charge in [0.1, 0.15) is 0 Å². The summed E-state index contributed by atoms with van der Waals surface area (Å²) < 4.78 is 0. The number of hydrogen-bond acceptors (Lipinski definition) is 4. The van der Waals surface area contributed by atoms with Crippen LogP contribution in [-0.4, -0.2) is 34.7 Å². The molecule has 0 N–H and O–H groups in total. The van der Waals surface area contributed by atoms with Crippen molar-refractivity contribution in [1.29, 1.82) is 0 Å². The lowest BCUT2D eigenvalue weighted by Crippen LogP contribution is -2.30. The maximum absolute atomic E-state index is 15.4. The third kappa shape index (κ3) is 7.79. The van der Waals surface area contributed by atoms with Crippen LogP contribution in [0.2, 0.25) is 0 Å². The summed E-state index contributed by atoms with van der Waals surface area (Å²) in [5.74, 6) is -0.0769. The van der Waals surface area contributed by atoms with Crippen LogP contribution in [0.4, 0.5) is 0 Å². The highest BCUT2D eigenvalue weighted by atomic mass is 32.1. The van der Waals surface area contributed by atoms with E-state index in [0.29, 0.717) is 24.2 Å². The fourth-order valence-corrected chi connectivity index (χ4v) is 12.5. The Kier molecular flexibility index (Phi) is 12.3. The van der Waals surface area contributed by atoms with Gasteiger partial charge in [0.05, 0.1) is 32.3 Å². The first kappa shape index (κ1) is 42.1. The molecule has 0 unspecified atom stereocenters. The highest BCUT2D eigenvalue weighted by Gasteiger charge is 2.49. The molecule has 0 saturated heterocycles. The molecule has 4 heterocycles. The lowest BCUT2D eigenvalue weighted by molar-refractivity contribution is -0.124. The minimum absolute atomic E-state index is 0.0384. The Labute approximate surface area is 385 Å². The van der Waals surface area contributed by atoms with Gasteiger partial charge in [0.2, 0.25) is 0 Å². The SMILES string of the molecule is CCCCCCCCN1C(=O)C2=C(c3ccc(-c4c5ccccc5cc5ccccc45)s3)N(CCCCCCCC)C(=O)C2=C1c1ccc(-c2c3ccccc3cc3ccccc23)s1. The van der Waals surface area contributed by atoms with Crippen molar-refractivity contribution < 1.29 is 9.59 Å². The second-order valence-corrected chi connectivity index (χ2v) is 19.8. The molecule has 64 heavy (non-hydrogen) atoms. The van der Waals surface area contributed by atoms with Gasteiger partial charge in [-0.05, 0) is 92.3 Å². The molecule has 6 heteroatoms. The second-order valence-electron chi connectivity index (χ2n) is 17.6. The molecule has 0 spiro atoms. The van der Waals surface area contributed by atoms with Crippen LogP contribution >= 0.6 is 22.7 Å². The zero-order valence-corrected chi connectivity index (χ0v) is 38.8. The van der Waals surface area contributed by atoms with E-state index in [0.717, 1.165) is 69.4 Å². The fourth-order valence-electron chi connectivity index (χ4n) is 10.2. The molecule has 0 fully saturated rings. The van der Waals surface area contributed by atoms with Crippen LogP contribution in [0.3, 0.4) is 0 Å². The van der Waals surface area contributed by atoms with Crippen LogP contribution in [0.5, 0.6) is 0 Å². The molecule has 0 aliphatic carbocycles. The molecule has 0 saturated carbocycles. The molecule has 6 aromatic carbocycles. The van der Waals surface area contributed by atoms with Gasteiger partial charge in [-0.15, -0.1) is 22.7 Å². The van der Waals surface area contributed by atoms with E-state index in [1.165, 1.54) is 92.7 Å². The average molecular weight is 877 g/mol. The van der Waals surface area contributed by atoms with Crippen LogP contribution in [0.15, 0.2) is 145 Å². The summed E-state index contributed by atoms with van der Waals surface area (Å²) in [5.41, 5.74) is 5.15. The molecule has 4 nitrogen and oxygen atoms in total. The van der Waals surface area contributed by atoms with Gasteiger partial charge in [0.25, 0.3) is 11.8 Å². The molecule has 2 amide bonds. The summed E-state index contributed by atoms with van der Waals surface area (Å²) in [7, 11) is 0. The van der Waals surface area contributed by atoms with Gasteiger partial charge in [-0.3, -0.25) is 9.59 Å². The van der Waals surface area contributed by atoms with E-state index in [1.807, 2.05) is 9.80 Å². The van der Waals surface area contributed by atoms with Gasteiger partial charge < -0.3 is 9.80 Å². The summed E-state index contributed by atoms with van der Waals surface area (Å²) >= 11 is 3.42. The van der Waals surface area contributed by atoms with Crippen molar-refractivity contribution in [3.05, 3.63) is 154 Å². The summed E-state index contributed by atoms with van der Waals surface area (Å²) in [4.78, 5) is 38.9. The van der Waals surface area contributed by atoms with Crippen molar-refractivity contribution in [2.45, 2.75) is 90.9 Å². The largest absolute Gasteiger partial charge is 0.306 e. The van der Waals surface area contributed by atoms with Crippen LogP contribution in [-0.2, 0) is 9.59 Å². The zero-order chi connectivity index (χ0) is 43.6. The van der Waals surface area contributed by atoms with Crippen LogP contribution in [0, 0.1) is 0 Å². The molecule has 8 aromatic rings.